The van der Waals surface area contributed by atoms with Gasteiger partial charge in [0.05, 0.1) is 0 Å². The second-order valence-electron chi connectivity index (χ2n) is 6.54. The summed E-state index contributed by atoms with van der Waals surface area (Å²) < 4.78 is 5.66. The Morgan fingerprint density at radius 1 is 1.33 bits per heavy atom. The minimum atomic E-state index is -0.460. The van der Waals surface area contributed by atoms with E-state index in [0.717, 1.165) is 29.4 Å². The van der Waals surface area contributed by atoms with Gasteiger partial charge in [0.25, 0.3) is 0 Å². The number of halogens is 1. The predicted octanol–water partition coefficient (Wildman–Crippen LogP) is 3.37. The van der Waals surface area contributed by atoms with E-state index in [9.17, 15) is 5.11 Å². The fourth-order valence-electron chi connectivity index (χ4n) is 3.19. The zero-order valence-electron chi connectivity index (χ0n) is 13.2. The van der Waals surface area contributed by atoms with E-state index in [2.05, 4.69) is 18.7 Å². The van der Waals surface area contributed by atoms with E-state index in [1.165, 1.54) is 6.42 Å². The van der Waals surface area contributed by atoms with Gasteiger partial charge in [-0.15, -0.1) is 0 Å². The van der Waals surface area contributed by atoms with Gasteiger partial charge in [0.15, 0.2) is 0 Å². The molecule has 0 radical (unpaired) electrons. The normalized spacial score (nSPS) is 24.8. The minimum Gasteiger partial charge on any atom is -0.491 e. The number of piperidine rings is 1. The van der Waals surface area contributed by atoms with Gasteiger partial charge in [-0.25, -0.2) is 0 Å². The van der Waals surface area contributed by atoms with Crippen molar-refractivity contribution in [3.8, 4) is 5.75 Å². The van der Waals surface area contributed by atoms with E-state index in [0.29, 0.717) is 25.0 Å². The summed E-state index contributed by atoms with van der Waals surface area (Å²) in [7, 11) is 0. The third-order valence-corrected chi connectivity index (χ3v) is 4.41. The molecule has 0 amide bonds. The van der Waals surface area contributed by atoms with Gasteiger partial charge in [0, 0.05) is 24.7 Å². The van der Waals surface area contributed by atoms with Crippen molar-refractivity contribution < 1.29 is 9.84 Å². The van der Waals surface area contributed by atoms with Crippen molar-refractivity contribution in [1.29, 1.82) is 0 Å². The van der Waals surface area contributed by atoms with Crippen molar-refractivity contribution in [2.45, 2.75) is 33.3 Å². The maximum atomic E-state index is 10.2. The molecular formula is C17H26ClNO2. The smallest absolute Gasteiger partial charge is 0.119 e. The largest absolute Gasteiger partial charge is 0.491 e. The van der Waals surface area contributed by atoms with Crippen LogP contribution < -0.4 is 4.74 Å². The summed E-state index contributed by atoms with van der Waals surface area (Å²) in [5.74, 6) is 2.18. The van der Waals surface area contributed by atoms with Crippen LogP contribution in [0.4, 0.5) is 0 Å². The van der Waals surface area contributed by atoms with Gasteiger partial charge in [-0.05, 0) is 48.9 Å². The van der Waals surface area contributed by atoms with Gasteiger partial charge in [-0.3, -0.25) is 0 Å². The van der Waals surface area contributed by atoms with Crippen LogP contribution in [0.2, 0.25) is 5.02 Å². The van der Waals surface area contributed by atoms with Gasteiger partial charge < -0.3 is 14.7 Å². The standard InChI is InChI=1S/C17H26ClNO2/c1-12-6-13(2)9-19(8-12)10-15(20)11-21-16-4-5-17(18)14(3)7-16/h4-5,7,12-13,15,20H,6,8-11H2,1-3H3/t12-,13-,15-/m1/s1. The Labute approximate surface area is 132 Å². The quantitative estimate of drug-likeness (QED) is 0.905. The lowest BCUT2D eigenvalue weighted by Crippen LogP contribution is -2.44. The second-order valence-corrected chi connectivity index (χ2v) is 6.95. The lowest BCUT2D eigenvalue weighted by atomic mass is 9.92. The highest BCUT2D eigenvalue weighted by atomic mass is 35.5. The number of nitrogens with zero attached hydrogens (tertiary/aromatic N) is 1. The van der Waals surface area contributed by atoms with Crippen molar-refractivity contribution in [2.75, 3.05) is 26.2 Å². The van der Waals surface area contributed by atoms with E-state index >= 15 is 0 Å². The average molecular weight is 312 g/mol. The monoisotopic (exact) mass is 311 g/mol. The first-order valence-electron chi connectivity index (χ1n) is 7.73. The molecule has 1 saturated heterocycles. The van der Waals surface area contributed by atoms with Crippen LogP contribution >= 0.6 is 11.6 Å². The summed E-state index contributed by atoms with van der Waals surface area (Å²) in [5, 5.41) is 10.9. The number of aliphatic hydroxyl groups is 1. The molecule has 0 unspecified atom stereocenters. The molecule has 0 aliphatic carbocycles. The van der Waals surface area contributed by atoms with E-state index in [4.69, 9.17) is 16.3 Å². The van der Waals surface area contributed by atoms with Crippen molar-refractivity contribution in [3.05, 3.63) is 28.8 Å². The number of aryl methyl sites for hydroxylation is 1. The van der Waals surface area contributed by atoms with Gasteiger partial charge in [-0.1, -0.05) is 25.4 Å². The summed E-state index contributed by atoms with van der Waals surface area (Å²) >= 11 is 5.99. The Morgan fingerprint density at radius 3 is 2.62 bits per heavy atom. The van der Waals surface area contributed by atoms with Gasteiger partial charge in [0.2, 0.25) is 0 Å². The highest BCUT2D eigenvalue weighted by Crippen LogP contribution is 2.22. The fraction of sp³-hybridized carbons (Fsp3) is 0.647. The number of hydrogen-bond acceptors (Lipinski definition) is 3. The number of rotatable bonds is 5. The Bertz CT molecular complexity index is 456. The average Bonchev–Trinajstić information content (AvgIpc) is 2.39. The molecule has 1 heterocycles. The van der Waals surface area contributed by atoms with Crippen LogP contribution in [0.25, 0.3) is 0 Å². The van der Waals surface area contributed by atoms with Crippen molar-refractivity contribution in [3.63, 3.8) is 0 Å². The Kier molecular flexibility index (Phi) is 5.91. The molecule has 1 aliphatic rings. The van der Waals surface area contributed by atoms with E-state index in [-0.39, 0.29) is 0 Å². The minimum absolute atomic E-state index is 0.320. The highest BCUT2D eigenvalue weighted by Gasteiger charge is 2.23. The van der Waals surface area contributed by atoms with Crippen LogP contribution in [0, 0.1) is 18.8 Å². The Hall–Kier alpha value is -0.770. The zero-order valence-corrected chi connectivity index (χ0v) is 13.9. The predicted molar refractivity (Wildman–Crippen MR) is 87.1 cm³/mol. The van der Waals surface area contributed by atoms with Crippen LogP contribution in [0.3, 0.4) is 0 Å². The summed E-state index contributed by atoms with van der Waals surface area (Å²) in [5.41, 5.74) is 0.988. The van der Waals surface area contributed by atoms with Crippen LogP contribution in [-0.4, -0.2) is 42.4 Å². The third kappa shape index (κ3) is 5.17. The number of likely N-dealkylation sites (tertiary alicyclic amines) is 1. The molecule has 21 heavy (non-hydrogen) atoms. The van der Waals surface area contributed by atoms with Gasteiger partial charge in [0.1, 0.15) is 18.5 Å². The highest BCUT2D eigenvalue weighted by molar-refractivity contribution is 6.31. The van der Waals surface area contributed by atoms with Gasteiger partial charge >= 0.3 is 0 Å². The molecular weight excluding hydrogens is 286 g/mol. The first kappa shape index (κ1) is 16.6. The number of hydrogen-bond donors (Lipinski definition) is 1. The molecule has 1 fully saturated rings. The summed E-state index contributed by atoms with van der Waals surface area (Å²) in [4.78, 5) is 2.35. The maximum Gasteiger partial charge on any atom is 0.119 e. The number of aliphatic hydroxyl groups excluding tert-OH is 1. The molecule has 3 nitrogen and oxygen atoms in total. The Morgan fingerprint density at radius 2 is 2.00 bits per heavy atom. The van der Waals surface area contributed by atoms with Crippen LogP contribution in [0.15, 0.2) is 18.2 Å². The molecule has 0 saturated carbocycles. The topological polar surface area (TPSA) is 32.7 Å². The first-order valence-corrected chi connectivity index (χ1v) is 8.11. The first-order chi connectivity index (χ1) is 9.94. The van der Waals surface area contributed by atoms with E-state index < -0.39 is 6.10 Å². The lowest BCUT2D eigenvalue weighted by molar-refractivity contribution is 0.0429. The summed E-state index contributed by atoms with van der Waals surface area (Å²) in [6.45, 7) is 9.65. The molecule has 1 N–H and O–H groups in total. The number of ether oxygens (including phenoxy) is 1. The van der Waals surface area contributed by atoms with Crippen LogP contribution in [-0.2, 0) is 0 Å². The summed E-state index contributed by atoms with van der Waals surface area (Å²) in [6, 6.07) is 5.57. The molecule has 4 heteroatoms. The van der Waals surface area contributed by atoms with E-state index in [1.54, 1.807) is 0 Å². The molecule has 118 valence electrons. The fourth-order valence-corrected chi connectivity index (χ4v) is 3.31. The molecule has 1 aromatic carbocycles. The molecule has 0 spiro atoms. The molecule has 0 bridgehead atoms. The maximum absolute atomic E-state index is 10.2. The zero-order chi connectivity index (χ0) is 15.4. The molecule has 1 aromatic rings. The van der Waals surface area contributed by atoms with Crippen molar-refractivity contribution in [1.82, 2.24) is 4.90 Å². The van der Waals surface area contributed by atoms with Crippen molar-refractivity contribution >= 4 is 11.6 Å². The molecule has 0 aromatic heterocycles. The van der Waals surface area contributed by atoms with Crippen molar-refractivity contribution in [2.24, 2.45) is 11.8 Å². The molecule has 2 rings (SSSR count). The molecule has 3 atom stereocenters. The van der Waals surface area contributed by atoms with Crippen LogP contribution in [0.5, 0.6) is 5.75 Å². The lowest BCUT2D eigenvalue weighted by Gasteiger charge is -2.35. The summed E-state index contributed by atoms with van der Waals surface area (Å²) in [6.07, 6.45) is 0.825. The molecule has 1 aliphatic heterocycles. The number of β-amino-alcohol motifs (C(OH)–C–C–N with tert-alkyl or cyclic N) is 1. The Balaban J connectivity index is 1.79. The number of benzene rings is 1. The van der Waals surface area contributed by atoms with Crippen LogP contribution in [0.1, 0.15) is 25.8 Å². The van der Waals surface area contributed by atoms with Gasteiger partial charge in [-0.2, -0.15) is 0 Å². The SMILES string of the molecule is Cc1cc(OC[C@H](O)CN2C[C@H](C)C[C@@H](C)C2)ccc1Cl. The third-order valence-electron chi connectivity index (χ3n) is 3.99. The van der Waals surface area contributed by atoms with E-state index in [1.807, 2.05) is 25.1 Å². The second kappa shape index (κ2) is 7.48.